The first-order valence-electron chi connectivity index (χ1n) is 9.43. The average Bonchev–Trinajstić information content (AvgIpc) is 3.04. The molecule has 3 aromatic rings. The Hall–Kier alpha value is -2.69. The van der Waals surface area contributed by atoms with E-state index in [1.54, 1.807) is 12.1 Å². The number of rotatable bonds is 6. The molecule has 10 heteroatoms. The molecule has 0 radical (unpaired) electrons. The van der Waals surface area contributed by atoms with Gasteiger partial charge in [-0.05, 0) is 42.4 Å². The summed E-state index contributed by atoms with van der Waals surface area (Å²) < 4.78 is 60.9. The highest BCUT2D eigenvalue weighted by molar-refractivity contribution is 7.81. The van der Waals surface area contributed by atoms with E-state index in [4.69, 9.17) is 13.4 Å². The highest BCUT2D eigenvalue weighted by Crippen LogP contribution is 2.39. The van der Waals surface area contributed by atoms with Gasteiger partial charge in [0.2, 0.25) is 14.2 Å². The second kappa shape index (κ2) is 7.77. The summed E-state index contributed by atoms with van der Waals surface area (Å²) in [5.74, 6) is -0.862. The number of oxazole rings is 1. The van der Waals surface area contributed by atoms with Crippen molar-refractivity contribution in [3.8, 4) is 23.0 Å². The maximum absolute atomic E-state index is 14.2. The van der Waals surface area contributed by atoms with E-state index in [1.165, 1.54) is 6.07 Å². The van der Waals surface area contributed by atoms with Crippen LogP contribution in [-0.2, 0) is 10.4 Å². The summed E-state index contributed by atoms with van der Waals surface area (Å²) in [7, 11) is -6.92. The van der Waals surface area contributed by atoms with Crippen LogP contribution in [0.15, 0.2) is 41.3 Å². The first-order valence-corrected chi connectivity index (χ1v) is 13.7. The summed E-state index contributed by atoms with van der Waals surface area (Å²) in [6, 6.07) is 7.03. The number of nitrogens with zero attached hydrogens (tertiary/aromatic N) is 1. The monoisotopic (exact) mass is 465 g/mol. The van der Waals surface area contributed by atoms with Crippen molar-refractivity contribution in [3.63, 3.8) is 0 Å². The van der Waals surface area contributed by atoms with Crippen molar-refractivity contribution in [1.82, 2.24) is 4.98 Å². The van der Waals surface area contributed by atoms with E-state index in [-0.39, 0.29) is 16.5 Å². The first kappa shape index (κ1) is 23.0. The Morgan fingerprint density at radius 2 is 1.90 bits per heavy atom. The van der Waals surface area contributed by atoms with Gasteiger partial charge in [-0.1, -0.05) is 33.4 Å². The van der Waals surface area contributed by atoms with Crippen molar-refractivity contribution in [2.24, 2.45) is 0 Å². The van der Waals surface area contributed by atoms with Gasteiger partial charge in [0.25, 0.3) is 0 Å². The van der Waals surface area contributed by atoms with E-state index in [0.717, 1.165) is 12.1 Å². The Balaban J connectivity index is 2.03. The van der Waals surface area contributed by atoms with Gasteiger partial charge < -0.3 is 13.0 Å². The highest BCUT2D eigenvalue weighted by Gasteiger charge is 2.39. The molecule has 0 aliphatic carbocycles. The number of benzene rings is 2. The molecule has 1 N–H and O–H groups in total. The second-order valence-corrected chi connectivity index (χ2v) is 14.3. The summed E-state index contributed by atoms with van der Waals surface area (Å²) >= 11 is 0. The Morgan fingerprint density at radius 3 is 2.45 bits per heavy atom. The minimum absolute atomic E-state index is 0.00861. The van der Waals surface area contributed by atoms with Crippen LogP contribution in [0.3, 0.4) is 0 Å². The molecule has 0 aliphatic heterocycles. The van der Waals surface area contributed by atoms with Gasteiger partial charge in [-0.3, -0.25) is 4.55 Å². The molecular formula is C21H24FNO6SSi. The zero-order valence-electron chi connectivity index (χ0n) is 17.9. The number of halogens is 1. The van der Waals surface area contributed by atoms with Crippen molar-refractivity contribution in [2.45, 2.75) is 38.9 Å². The van der Waals surface area contributed by atoms with Gasteiger partial charge in [-0.25, -0.2) is 9.37 Å². The largest absolute Gasteiger partial charge is 0.543 e. The predicted octanol–water partition coefficient (Wildman–Crippen LogP) is 5.84. The van der Waals surface area contributed by atoms with Crippen LogP contribution in [0.2, 0.25) is 18.1 Å². The standard InChI is InChI=1S/C21H24FNO6SSi/c1-7-13-10-15(29-31(5,6)21(2,3)4)12-17-19(13)27-20(23-17)14-8-9-18(16(22)11-14)28-30(24,25)26/h7-12H,1H2,2-6H3,(H,24,25,26). The van der Waals surface area contributed by atoms with Crippen LogP contribution in [0, 0.1) is 5.82 Å². The lowest BCUT2D eigenvalue weighted by Gasteiger charge is -2.36. The molecule has 0 unspecified atom stereocenters. The molecule has 3 rings (SSSR count). The fourth-order valence-electron chi connectivity index (χ4n) is 2.63. The maximum Gasteiger partial charge on any atom is 0.446 e. The summed E-state index contributed by atoms with van der Waals surface area (Å²) in [4.78, 5) is 4.44. The van der Waals surface area contributed by atoms with Gasteiger partial charge in [0.05, 0.1) is 0 Å². The van der Waals surface area contributed by atoms with Crippen LogP contribution in [0.25, 0.3) is 28.6 Å². The van der Waals surface area contributed by atoms with Crippen LogP contribution in [0.4, 0.5) is 4.39 Å². The van der Waals surface area contributed by atoms with Crippen LogP contribution in [-0.4, -0.2) is 26.3 Å². The van der Waals surface area contributed by atoms with Crippen LogP contribution < -0.4 is 8.61 Å². The molecule has 2 aromatic carbocycles. The smallest absolute Gasteiger partial charge is 0.446 e. The molecule has 0 saturated carbocycles. The molecule has 31 heavy (non-hydrogen) atoms. The Bertz CT molecular complexity index is 1260. The maximum atomic E-state index is 14.2. The summed E-state index contributed by atoms with van der Waals surface area (Å²) in [5, 5.41) is 0.00861. The summed E-state index contributed by atoms with van der Waals surface area (Å²) in [6.45, 7) is 14.5. The molecule has 166 valence electrons. The van der Waals surface area contributed by atoms with Crippen molar-refractivity contribution in [2.75, 3.05) is 0 Å². The Morgan fingerprint density at radius 1 is 1.23 bits per heavy atom. The molecule has 7 nitrogen and oxygen atoms in total. The van der Waals surface area contributed by atoms with Crippen LogP contribution in [0.1, 0.15) is 26.3 Å². The van der Waals surface area contributed by atoms with E-state index in [1.807, 2.05) is 6.07 Å². The van der Waals surface area contributed by atoms with Gasteiger partial charge in [0.1, 0.15) is 11.3 Å². The molecule has 0 spiro atoms. The lowest BCUT2D eigenvalue weighted by Crippen LogP contribution is -2.43. The molecule has 0 fully saturated rings. The Kier molecular flexibility index (Phi) is 5.76. The number of hydrogen-bond donors (Lipinski definition) is 1. The van der Waals surface area contributed by atoms with E-state index in [0.29, 0.717) is 22.4 Å². The number of hydrogen-bond acceptors (Lipinski definition) is 6. The molecule has 0 bridgehead atoms. The molecule has 1 heterocycles. The minimum Gasteiger partial charge on any atom is -0.543 e. The van der Waals surface area contributed by atoms with Crippen LogP contribution >= 0.6 is 0 Å². The number of aromatic nitrogens is 1. The van der Waals surface area contributed by atoms with Crippen molar-refractivity contribution >= 4 is 35.9 Å². The van der Waals surface area contributed by atoms with Gasteiger partial charge in [0, 0.05) is 17.2 Å². The van der Waals surface area contributed by atoms with E-state index < -0.39 is 30.3 Å². The van der Waals surface area contributed by atoms with Gasteiger partial charge in [-0.2, -0.15) is 8.42 Å². The highest BCUT2D eigenvalue weighted by atomic mass is 32.3. The van der Waals surface area contributed by atoms with Crippen molar-refractivity contribution < 1.29 is 30.4 Å². The topological polar surface area (TPSA) is 98.9 Å². The summed E-state index contributed by atoms with van der Waals surface area (Å²) in [6.07, 6.45) is 1.62. The van der Waals surface area contributed by atoms with Crippen molar-refractivity contribution in [1.29, 1.82) is 0 Å². The van der Waals surface area contributed by atoms with Crippen LogP contribution in [0.5, 0.6) is 11.5 Å². The molecule has 1 aromatic heterocycles. The molecule has 0 aliphatic rings. The quantitative estimate of drug-likeness (QED) is 0.360. The third-order valence-electron chi connectivity index (χ3n) is 5.27. The van der Waals surface area contributed by atoms with Gasteiger partial charge >= 0.3 is 10.4 Å². The van der Waals surface area contributed by atoms with E-state index >= 15 is 0 Å². The average molecular weight is 466 g/mol. The minimum atomic E-state index is -4.84. The molecular weight excluding hydrogens is 441 g/mol. The van der Waals surface area contributed by atoms with Gasteiger partial charge in [0.15, 0.2) is 17.1 Å². The van der Waals surface area contributed by atoms with E-state index in [2.05, 4.69) is 49.6 Å². The second-order valence-electron chi connectivity index (χ2n) is 8.60. The lowest BCUT2D eigenvalue weighted by molar-refractivity contribution is 0.376. The number of fused-ring (bicyclic) bond motifs is 1. The zero-order chi connectivity index (χ0) is 23.2. The molecule has 0 saturated heterocycles. The molecule has 0 amide bonds. The fraction of sp³-hybridized carbons (Fsp3) is 0.286. The lowest BCUT2D eigenvalue weighted by atomic mass is 10.2. The third kappa shape index (κ3) is 4.97. The molecule has 0 atom stereocenters. The zero-order valence-corrected chi connectivity index (χ0v) is 19.7. The predicted molar refractivity (Wildman–Crippen MR) is 119 cm³/mol. The fourth-order valence-corrected chi connectivity index (χ4v) is 4.00. The van der Waals surface area contributed by atoms with Gasteiger partial charge in [-0.15, -0.1) is 0 Å². The van der Waals surface area contributed by atoms with E-state index in [9.17, 15) is 12.8 Å². The SMILES string of the molecule is C=Cc1cc(O[Si](C)(C)C(C)(C)C)cc2nc(-c3ccc(OS(=O)(=O)O)c(F)c3)oc12. The Labute approximate surface area is 181 Å². The summed E-state index contributed by atoms with van der Waals surface area (Å²) in [5.41, 5.74) is 1.92. The first-order chi connectivity index (χ1) is 14.2. The normalized spacial score (nSPS) is 12.7. The third-order valence-corrected chi connectivity index (χ3v) is 10.0. The van der Waals surface area contributed by atoms with Crippen molar-refractivity contribution in [3.05, 3.63) is 48.3 Å².